The first kappa shape index (κ1) is 17.0. The number of pyridine rings is 1. The highest BCUT2D eigenvalue weighted by atomic mass is 35.5. The number of piperazine rings is 1. The van der Waals surface area contributed by atoms with E-state index in [1.54, 1.807) is 36.5 Å². The summed E-state index contributed by atoms with van der Waals surface area (Å²) >= 11 is 12.0. The highest BCUT2D eigenvalue weighted by Gasteiger charge is 2.21. The molecule has 1 N–H and O–H groups in total. The molecule has 1 amide bonds. The van der Waals surface area contributed by atoms with Gasteiger partial charge >= 0.3 is 0 Å². The summed E-state index contributed by atoms with van der Waals surface area (Å²) in [6.07, 6.45) is 1.62. The molecule has 2 heterocycles. The first-order valence-corrected chi connectivity index (χ1v) is 8.44. The molecule has 1 fully saturated rings. The molecule has 1 aliphatic heterocycles. The van der Waals surface area contributed by atoms with Crippen molar-refractivity contribution in [2.75, 3.05) is 38.5 Å². The van der Waals surface area contributed by atoms with Gasteiger partial charge in [-0.3, -0.25) is 9.78 Å². The monoisotopic (exact) mass is 364 g/mol. The van der Waals surface area contributed by atoms with Crippen molar-refractivity contribution in [2.45, 2.75) is 0 Å². The molecule has 0 radical (unpaired) electrons. The quantitative estimate of drug-likeness (QED) is 0.904. The molecule has 0 spiro atoms. The van der Waals surface area contributed by atoms with E-state index < -0.39 is 0 Å². The van der Waals surface area contributed by atoms with Gasteiger partial charge in [-0.1, -0.05) is 23.2 Å². The van der Waals surface area contributed by atoms with Crippen LogP contribution in [0, 0.1) is 0 Å². The molecule has 1 saturated heterocycles. The van der Waals surface area contributed by atoms with Crippen LogP contribution in [0.25, 0.3) is 0 Å². The van der Waals surface area contributed by atoms with Gasteiger partial charge in [0.1, 0.15) is 5.69 Å². The zero-order valence-electron chi connectivity index (χ0n) is 13.3. The second kappa shape index (κ2) is 7.38. The highest BCUT2D eigenvalue weighted by Crippen LogP contribution is 2.25. The fourth-order valence-corrected chi connectivity index (χ4v) is 3.12. The minimum atomic E-state index is -0.0455. The van der Waals surface area contributed by atoms with Crippen LogP contribution in [0.4, 0.5) is 11.4 Å². The Balaban J connectivity index is 1.75. The molecule has 1 aliphatic rings. The van der Waals surface area contributed by atoms with Crippen LogP contribution in [-0.2, 0) is 0 Å². The summed E-state index contributed by atoms with van der Waals surface area (Å²) in [6, 6.07) is 8.76. The molecule has 0 aliphatic carbocycles. The van der Waals surface area contributed by atoms with Crippen LogP contribution in [-0.4, -0.2) is 53.9 Å². The van der Waals surface area contributed by atoms with Crippen LogP contribution in [0.5, 0.6) is 0 Å². The van der Waals surface area contributed by atoms with Crippen molar-refractivity contribution in [2.24, 2.45) is 0 Å². The molecule has 5 nitrogen and oxygen atoms in total. The van der Waals surface area contributed by atoms with Crippen molar-refractivity contribution < 1.29 is 4.79 Å². The normalized spacial score (nSPS) is 15.4. The van der Waals surface area contributed by atoms with Crippen LogP contribution >= 0.6 is 23.2 Å². The standard InChI is InChI=1S/C17H18Cl2N4O/c1-22-4-6-23(7-5-22)17(24)16-11-14(2-3-20-16)21-15-9-12(18)8-13(19)10-15/h2-3,8-11H,4-7H2,1H3,(H,20,21). The smallest absolute Gasteiger partial charge is 0.272 e. The Morgan fingerprint density at radius 1 is 1.04 bits per heavy atom. The Bertz CT molecular complexity index is 725. The molecule has 1 aromatic heterocycles. The number of carbonyl (C=O) groups is 1. The van der Waals surface area contributed by atoms with Gasteiger partial charge in [0, 0.05) is 53.8 Å². The fourth-order valence-electron chi connectivity index (χ4n) is 2.59. The van der Waals surface area contributed by atoms with Gasteiger partial charge < -0.3 is 15.1 Å². The average molecular weight is 365 g/mol. The Hall–Kier alpha value is -1.82. The number of hydrogen-bond donors (Lipinski definition) is 1. The number of aromatic nitrogens is 1. The zero-order valence-corrected chi connectivity index (χ0v) is 14.8. The first-order chi connectivity index (χ1) is 11.5. The molecule has 7 heteroatoms. The summed E-state index contributed by atoms with van der Waals surface area (Å²) in [6.45, 7) is 3.20. The Kier molecular flexibility index (Phi) is 5.23. The van der Waals surface area contributed by atoms with E-state index in [1.165, 1.54) is 0 Å². The maximum Gasteiger partial charge on any atom is 0.272 e. The lowest BCUT2D eigenvalue weighted by atomic mass is 10.2. The van der Waals surface area contributed by atoms with E-state index in [0.717, 1.165) is 37.6 Å². The van der Waals surface area contributed by atoms with Crippen molar-refractivity contribution in [1.82, 2.24) is 14.8 Å². The lowest BCUT2D eigenvalue weighted by molar-refractivity contribution is 0.0658. The van der Waals surface area contributed by atoms with Crippen LogP contribution in [0.2, 0.25) is 10.0 Å². The molecular formula is C17H18Cl2N4O. The molecule has 0 unspecified atom stereocenters. The molecular weight excluding hydrogens is 347 g/mol. The van der Waals surface area contributed by atoms with E-state index in [1.807, 2.05) is 4.90 Å². The largest absolute Gasteiger partial charge is 0.355 e. The lowest BCUT2D eigenvalue weighted by Gasteiger charge is -2.32. The summed E-state index contributed by atoms with van der Waals surface area (Å²) in [7, 11) is 2.06. The van der Waals surface area contributed by atoms with Crippen LogP contribution in [0.15, 0.2) is 36.5 Å². The number of nitrogens with one attached hydrogen (secondary N) is 1. The maximum atomic E-state index is 12.6. The Morgan fingerprint density at radius 2 is 1.71 bits per heavy atom. The fraction of sp³-hybridized carbons (Fsp3) is 0.294. The topological polar surface area (TPSA) is 48.5 Å². The third-order valence-electron chi connectivity index (χ3n) is 3.92. The van der Waals surface area contributed by atoms with Crippen molar-refractivity contribution in [1.29, 1.82) is 0 Å². The van der Waals surface area contributed by atoms with Gasteiger partial charge in [0.25, 0.3) is 5.91 Å². The number of carbonyl (C=O) groups excluding carboxylic acids is 1. The predicted octanol–water partition coefficient (Wildman–Crippen LogP) is 3.52. The lowest BCUT2D eigenvalue weighted by Crippen LogP contribution is -2.47. The summed E-state index contributed by atoms with van der Waals surface area (Å²) in [5.74, 6) is -0.0455. The van der Waals surface area contributed by atoms with Crippen LogP contribution < -0.4 is 5.32 Å². The van der Waals surface area contributed by atoms with E-state index in [-0.39, 0.29) is 5.91 Å². The van der Waals surface area contributed by atoms with Crippen molar-refractivity contribution in [3.8, 4) is 0 Å². The van der Waals surface area contributed by atoms with Gasteiger partial charge in [0.2, 0.25) is 0 Å². The molecule has 0 bridgehead atoms. The molecule has 1 aromatic carbocycles. The van der Waals surface area contributed by atoms with Crippen LogP contribution in [0.3, 0.4) is 0 Å². The van der Waals surface area contributed by atoms with E-state index in [2.05, 4.69) is 22.2 Å². The third-order valence-corrected chi connectivity index (χ3v) is 4.36. The number of benzene rings is 1. The Morgan fingerprint density at radius 3 is 2.38 bits per heavy atom. The number of amides is 1. The predicted molar refractivity (Wildman–Crippen MR) is 97.4 cm³/mol. The number of halogens is 2. The number of likely N-dealkylation sites (N-methyl/N-ethyl adjacent to an activating group) is 1. The van der Waals surface area contributed by atoms with Gasteiger partial charge in [-0.2, -0.15) is 0 Å². The number of rotatable bonds is 3. The first-order valence-electron chi connectivity index (χ1n) is 7.68. The number of nitrogens with zero attached hydrogens (tertiary/aromatic N) is 3. The second-order valence-corrected chi connectivity index (χ2v) is 6.68. The molecule has 0 atom stereocenters. The average Bonchev–Trinajstić information content (AvgIpc) is 2.54. The van der Waals surface area contributed by atoms with Crippen molar-refractivity contribution in [3.63, 3.8) is 0 Å². The van der Waals surface area contributed by atoms with Gasteiger partial charge in [-0.05, 0) is 37.4 Å². The summed E-state index contributed by atoms with van der Waals surface area (Å²) < 4.78 is 0. The van der Waals surface area contributed by atoms with E-state index in [0.29, 0.717) is 15.7 Å². The zero-order chi connectivity index (χ0) is 17.1. The van der Waals surface area contributed by atoms with Crippen molar-refractivity contribution in [3.05, 3.63) is 52.3 Å². The summed E-state index contributed by atoms with van der Waals surface area (Å²) in [5.41, 5.74) is 1.95. The summed E-state index contributed by atoms with van der Waals surface area (Å²) in [5, 5.41) is 4.30. The third kappa shape index (κ3) is 4.17. The highest BCUT2D eigenvalue weighted by molar-refractivity contribution is 6.35. The number of anilines is 2. The van der Waals surface area contributed by atoms with Crippen molar-refractivity contribution >= 4 is 40.5 Å². The molecule has 0 saturated carbocycles. The SMILES string of the molecule is CN1CCN(C(=O)c2cc(Nc3cc(Cl)cc(Cl)c3)ccn2)CC1. The Labute approximate surface area is 151 Å². The van der Waals surface area contributed by atoms with Crippen LogP contribution in [0.1, 0.15) is 10.5 Å². The second-order valence-electron chi connectivity index (χ2n) is 5.81. The van der Waals surface area contributed by atoms with E-state index in [9.17, 15) is 4.79 Å². The van der Waals surface area contributed by atoms with Gasteiger partial charge in [-0.25, -0.2) is 0 Å². The summed E-state index contributed by atoms with van der Waals surface area (Å²) in [4.78, 5) is 20.8. The number of hydrogen-bond acceptors (Lipinski definition) is 4. The molecule has 3 rings (SSSR count). The van der Waals surface area contributed by atoms with E-state index in [4.69, 9.17) is 23.2 Å². The maximum absolute atomic E-state index is 12.6. The minimum Gasteiger partial charge on any atom is -0.355 e. The molecule has 2 aromatic rings. The van der Waals surface area contributed by atoms with Gasteiger partial charge in [-0.15, -0.1) is 0 Å². The van der Waals surface area contributed by atoms with Gasteiger partial charge in [0.05, 0.1) is 0 Å². The van der Waals surface area contributed by atoms with Gasteiger partial charge in [0.15, 0.2) is 0 Å². The molecule has 126 valence electrons. The minimum absolute atomic E-state index is 0.0455. The molecule has 24 heavy (non-hydrogen) atoms. The van der Waals surface area contributed by atoms with E-state index >= 15 is 0 Å².